The number of rotatable bonds is 6. The van der Waals surface area contributed by atoms with Gasteiger partial charge in [-0.25, -0.2) is 15.0 Å². The van der Waals surface area contributed by atoms with Crippen LogP contribution in [0.15, 0.2) is 31.1 Å². The van der Waals surface area contributed by atoms with E-state index in [1.54, 1.807) is 29.5 Å². The van der Waals surface area contributed by atoms with Gasteiger partial charge in [0.15, 0.2) is 0 Å². The summed E-state index contributed by atoms with van der Waals surface area (Å²) in [5.74, 6) is 0.451. The number of hydrogen-bond donors (Lipinski definition) is 1. The summed E-state index contributed by atoms with van der Waals surface area (Å²) in [5, 5.41) is 6.85. The third-order valence-corrected chi connectivity index (χ3v) is 2.80. The van der Waals surface area contributed by atoms with Crippen molar-refractivity contribution in [2.75, 3.05) is 19.0 Å². The Morgan fingerprint density at radius 1 is 1.41 bits per heavy atom. The molecule has 0 aliphatic rings. The summed E-state index contributed by atoms with van der Waals surface area (Å²) in [6, 6.07) is -0.0498. The predicted octanol–water partition coefficient (Wildman–Crippen LogP) is 0.352. The molecule has 1 amide bonds. The van der Waals surface area contributed by atoms with Crippen LogP contribution in [0.4, 0.5) is 5.95 Å². The average Bonchev–Trinajstić information content (AvgIpc) is 2.98. The Labute approximate surface area is 128 Å². The third kappa shape index (κ3) is 4.65. The number of anilines is 1. The molecule has 22 heavy (non-hydrogen) atoms. The molecule has 8 nitrogen and oxygen atoms in total. The van der Waals surface area contributed by atoms with Gasteiger partial charge in [-0.2, -0.15) is 5.10 Å². The summed E-state index contributed by atoms with van der Waals surface area (Å²) in [7, 11) is 3.74. The highest BCUT2D eigenvalue weighted by Crippen LogP contribution is 2.04. The van der Waals surface area contributed by atoms with E-state index in [0.29, 0.717) is 12.5 Å². The zero-order chi connectivity index (χ0) is 15.9. The van der Waals surface area contributed by atoms with Crippen molar-refractivity contribution >= 4 is 17.9 Å². The van der Waals surface area contributed by atoms with Crippen LogP contribution in [0.2, 0.25) is 0 Å². The fourth-order valence-electron chi connectivity index (χ4n) is 1.76. The van der Waals surface area contributed by atoms with Crippen molar-refractivity contribution in [1.82, 2.24) is 30.0 Å². The molecule has 8 heteroatoms. The highest BCUT2D eigenvalue weighted by Gasteiger charge is 2.06. The highest BCUT2D eigenvalue weighted by atomic mass is 16.1. The highest BCUT2D eigenvalue weighted by molar-refractivity contribution is 5.91. The van der Waals surface area contributed by atoms with Gasteiger partial charge in [0.1, 0.15) is 12.7 Å². The molecule has 1 atom stereocenters. The minimum atomic E-state index is -0.177. The molecule has 0 fully saturated rings. The number of amides is 1. The summed E-state index contributed by atoms with van der Waals surface area (Å²) < 4.78 is 1.67. The van der Waals surface area contributed by atoms with Crippen LogP contribution in [-0.2, 0) is 11.3 Å². The van der Waals surface area contributed by atoms with E-state index in [2.05, 4.69) is 25.4 Å². The van der Waals surface area contributed by atoms with Gasteiger partial charge in [0.25, 0.3) is 0 Å². The number of carbonyl (C=O) groups is 1. The van der Waals surface area contributed by atoms with Crippen molar-refractivity contribution in [3.8, 4) is 0 Å². The predicted molar refractivity (Wildman–Crippen MR) is 83.0 cm³/mol. The fraction of sp³-hybridized carbons (Fsp3) is 0.357. The lowest BCUT2D eigenvalue weighted by Crippen LogP contribution is -2.34. The van der Waals surface area contributed by atoms with E-state index < -0.39 is 0 Å². The maximum Gasteiger partial charge on any atom is 0.244 e. The molecular weight excluding hydrogens is 282 g/mol. The quantitative estimate of drug-likeness (QED) is 0.775. The zero-order valence-corrected chi connectivity index (χ0v) is 12.8. The smallest absolute Gasteiger partial charge is 0.244 e. The second-order valence-corrected chi connectivity index (χ2v) is 5.07. The summed E-state index contributed by atoms with van der Waals surface area (Å²) in [5.41, 5.74) is 0.768. The van der Waals surface area contributed by atoms with Crippen LogP contribution >= 0.6 is 0 Å². The largest absolute Gasteiger partial charge is 0.348 e. The maximum atomic E-state index is 11.8. The molecule has 2 aromatic rings. The van der Waals surface area contributed by atoms with Crippen molar-refractivity contribution in [3.63, 3.8) is 0 Å². The lowest BCUT2D eigenvalue weighted by Gasteiger charge is -2.11. The number of nitrogens with one attached hydrogen (secondary N) is 1. The molecule has 116 valence electrons. The molecule has 2 heterocycles. The van der Waals surface area contributed by atoms with Crippen molar-refractivity contribution in [3.05, 3.63) is 36.7 Å². The van der Waals surface area contributed by atoms with Gasteiger partial charge in [-0.05, 0) is 13.0 Å². The van der Waals surface area contributed by atoms with Gasteiger partial charge in [-0.1, -0.05) is 0 Å². The summed E-state index contributed by atoms with van der Waals surface area (Å²) in [6.45, 7) is 2.47. The van der Waals surface area contributed by atoms with Crippen LogP contribution < -0.4 is 10.2 Å². The number of carbonyl (C=O) groups excluding carboxylic acids is 1. The Hall–Kier alpha value is -2.77. The molecule has 1 unspecified atom stereocenters. The second kappa shape index (κ2) is 7.30. The molecule has 2 aromatic heterocycles. The van der Waals surface area contributed by atoms with E-state index in [9.17, 15) is 4.79 Å². The van der Waals surface area contributed by atoms with Crippen LogP contribution in [0.1, 0.15) is 12.5 Å². The Morgan fingerprint density at radius 2 is 2.14 bits per heavy atom. The van der Waals surface area contributed by atoms with Crippen molar-refractivity contribution in [1.29, 1.82) is 0 Å². The monoisotopic (exact) mass is 301 g/mol. The van der Waals surface area contributed by atoms with Crippen molar-refractivity contribution in [2.24, 2.45) is 0 Å². The van der Waals surface area contributed by atoms with E-state index in [0.717, 1.165) is 5.56 Å². The molecule has 0 aliphatic heterocycles. The lowest BCUT2D eigenvalue weighted by molar-refractivity contribution is -0.117. The van der Waals surface area contributed by atoms with Gasteiger partial charge < -0.3 is 10.2 Å². The molecule has 0 aliphatic carbocycles. The van der Waals surface area contributed by atoms with Crippen LogP contribution in [0.3, 0.4) is 0 Å². The molecule has 0 spiro atoms. The van der Waals surface area contributed by atoms with Gasteiger partial charge in [-0.15, -0.1) is 0 Å². The fourth-order valence-corrected chi connectivity index (χ4v) is 1.76. The Balaban J connectivity index is 1.85. The van der Waals surface area contributed by atoms with Gasteiger partial charge >= 0.3 is 0 Å². The molecule has 0 saturated carbocycles. The normalized spacial score (nSPS) is 12.3. The van der Waals surface area contributed by atoms with Gasteiger partial charge in [-0.3, -0.25) is 9.48 Å². The number of hydrogen-bond acceptors (Lipinski definition) is 6. The van der Waals surface area contributed by atoms with E-state index in [4.69, 9.17) is 0 Å². The first-order chi connectivity index (χ1) is 10.5. The molecule has 0 radical (unpaired) electrons. The van der Waals surface area contributed by atoms with Crippen LogP contribution in [0.25, 0.3) is 6.08 Å². The van der Waals surface area contributed by atoms with Gasteiger partial charge in [0.2, 0.25) is 11.9 Å². The first kappa shape index (κ1) is 15.6. The Kier molecular flexibility index (Phi) is 5.18. The number of aromatic nitrogens is 5. The van der Waals surface area contributed by atoms with Crippen LogP contribution in [0, 0.1) is 0 Å². The van der Waals surface area contributed by atoms with Crippen LogP contribution in [0.5, 0.6) is 0 Å². The van der Waals surface area contributed by atoms with Gasteiger partial charge in [0.05, 0.1) is 6.54 Å². The number of nitrogens with zero attached hydrogens (tertiary/aromatic N) is 6. The third-order valence-electron chi connectivity index (χ3n) is 2.80. The SMILES string of the molecule is CC(Cn1cncn1)NC(=O)C=Cc1cnc(N(C)C)nc1. The summed E-state index contributed by atoms with van der Waals surface area (Å²) >= 11 is 0. The molecule has 0 aromatic carbocycles. The van der Waals surface area contributed by atoms with Crippen LogP contribution in [-0.4, -0.2) is 50.8 Å². The molecular formula is C14H19N7O. The minimum Gasteiger partial charge on any atom is -0.348 e. The van der Waals surface area contributed by atoms with Crippen molar-refractivity contribution < 1.29 is 4.79 Å². The van der Waals surface area contributed by atoms with E-state index in [-0.39, 0.29) is 11.9 Å². The topological polar surface area (TPSA) is 88.8 Å². The standard InChI is InChI=1S/C14H19N7O/c1-11(8-21-10-15-9-18-21)19-13(22)5-4-12-6-16-14(17-7-12)20(2)3/h4-7,9-11H,8H2,1-3H3,(H,19,22). The second-order valence-electron chi connectivity index (χ2n) is 5.07. The lowest BCUT2D eigenvalue weighted by atomic mass is 10.3. The molecule has 2 rings (SSSR count). The van der Waals surface area contributed by atoms with Crippen molar-refractivity contribution in [2.45, 2.75) is 19.5 Å². The maximum absolute atomic E-state index is 11.8. The molecule has 1 N–H and O–H groups in total. The molecule has 0 bridgehead atoms. The van der Waals surface area contributed by atoms with E-state index in [1.807, 2.05) is 25.9 Å². The first-order valence-corrected chi connectivity index (χ1v) is 6.85. The van der Waals surface area contributed by atoms with Gasteiger partial charge in [0, 0.05) is 44.2 Å². The summed E-state index contributed by atoms with van der Waals surface area (Å²) in [4.78, 5) is 25.9. The van der Waals surface area contributed by atoms with E-state index >= 15 is 0 Å². The summed E-state index contributed by atoms with van der Waals surface area (Å²) in [6.07, 6.45) is 9.56. The Bertz CT molecular complexity index is 619. The molecule has 0 saturated heterocycles. The first-order valence-electron chi connectivity index (χ1n) is 6.85. The zero-order valence-electron chi connectivity index (χ0n) is 12.8. The minimum absolute atomic E-state index is 0.0498. The Morgan fingerprint density at radius 3 is 2.73 bits per heavy atom. The average molecular weight is 301 g/mol. The van der Waals surface area contributed by atoms with E-state index in [1.165, 1.54) is 12.4 Å².